The first-order chi connectivity index (χ1) is 17.1. The Morgan fingerprint density at radius 2 is 1.80 bits per heavy atom. The number of nitrogens with one attached hydrogen (secondary N) is 2. The molecule has 5 rings (SSSR count). The summed E-state index contributed by atoms with van der Waals surface area (Å²) in [6.45, 7) is 1.80. The maximum Gasteiger partial charge on any atom is 0.179 e. The number of ether oxygens (including phenoxy) is 2. The van der Waals surface area contributed by atoms with E-state index in [1.54, 1.807) is 50.2 Å². The number of methoxy groups -OCH3 is 2. The minimum absolute atomic E-state index is 0.282. The van der Waals surface area contributed by atoms with Crippen LogP contribution in [0.3, 0.4) is 0 Å². The minimum atomic E-state index is 0.282. The molecule has 0 unspecified atom stereocenters. The molecule has 0 bridgehead atoms. The molecule has 2 N–H and O–H groups in total. The molecular formula is C22H19N11O2. The van der Waals surface area contributed by atoms with Crippen molar-refractivity contribution in [1.29, 1.82) is 5.26 Å². The summed E-state index contributed by atoms with van der Waals surface area (Å²) in [7, 11) is 3.15. The smallest absolute Gasteiger partial charge is 0.179 e. The van der Waals surface area contributed by atoms with Crippen LogP contribution < -0.4 is 20.1 Å². The van der Waals surface area contributed by atoms with Gasteiger partial charge in [0.2, 0.25) is 0 Å². The van der Waals surface area contributed by atoms with Gasteiger partial charge >= 0.3 is 0 Å². The number of pyridine rings is 1. The first kappa shape index (κ1) is 21.6. The molecule has 0 spiro atoms. The van der Waals surface area contributed by atoms with Crippen LogP contribution in [0.1, 0.15) is 11.5 Å². The molecule has 4 heterocycles. The quantitative estimate of drug-likeness (QED) is 0.362. The number of tetrazole rings is 1. The van der Waals surface area contributed by atoms with Gasteiger partial charge in [0, 0.05) is 23.9 Å². The van der Waals surface area contributed by atoms with Crippen LogP contribution in [0.5, 0.6) is 11.5 Å². The van der Waals surface area contributed by atoms with Gasteiger partial charge in [-0.15, -0.1) is 10.2 Å². The van der Waals surface area contributed by atoms with Crippen molar-refractivity contribution in [2.75, 3.05) is 24.9 Å². The highest BCUT2D eigenvalue weighted by molar-refractivity contribution is 5.77. The fourth-order valence-electron chi connectivity index (χ4n) is 3.42. The van der Waals surface area contributed by atoms with E-state index < -0.39 is 0 Å². The number of fused-ring (bicyclic) bond motifs is 1. The Bertz CT molecular complexity index is 1550. The van der Waals surface area contributed by atoms with Gasteiger partial charge in [0.05, 0.1) is 38.0 Å². The third kappa shape index (κ3) is 4.23. The Kier molecular flexibility index (Phi) is 5.52. The van der Waals surface area contributed by atoms with Crippen LogP contribution in [0.15, 0.2) is 48.8 Å². The van der Waals surface area contributed by atoms with E-state index in [0.29, 0.717) is 51.7 Å². The summed E-state index contributed by atoms with van der Waals surface area (Å²) in [6, 6.07) is 12.9. The lowest BCUT2D eigenvalue weighted by Gasteiger charge is -2.13. The van der Waals surface area contributed by atoms with E-state index in [9.17, 15) is 5.26 Å². The third-order valence-corrected chi connectivity index (χ3v) is 5.09. The summed E-state index contributed by atoms with van der Waals surface area (Å²) < 4.78 is 13.7. The first-order valence-electron chi connectivity index (χ1n) is 10.4. The van der Waals surface area contributed by atoms with Crippen LogP contribution in [-0.4, -0.2) is 54.0 Å². The van der Waals surface area contributed by atoms with Crippen LogP contribution >= 0.6 is 0 Å². The van der Waals surface area contributed by atoms with Crippen molar-refractivity contribution in [3.63, 3.8) is 0 Å². The van der Waals surface area contributed by atoms with Crippen molar-refractivity contribution in [3.8, 4) is 23.3 Å². The van der Waals surface area contributed by atoms with Crippen LogP contribution in [-0.2, 0) is 0 Å². The molecule has 1 aromatic carbocycles. The SMILES string of the molecule is COc1ccc(Nc2cc(Nc3cc(OC)cc(-n4nnnc4C)c3)nn3c(C#N)cnc23)nc1. The van der Waals surface area contributed by atoms with Gasteiger partial charge in [-0.3, -0.25) is 0 Å². The van der Waals surface area contributed by atoms with E-state index >= 15 is 0 Å². The monoisotopic (exact) mass is 469 g/mol. The molecule has 0 saturated heterocycles. The van der Waals surface area contributed by atoms with Crippen molar-refractivity contribution in [2.45, 2.75) is 6.92 Å². The lowest BCUT2D eigenvalue weighted by molar-refractivity contribution is 0.413. The second-order valence-corrected chi connectivity index (χ2v) is 7.32. The molecule has 174 valence electrons. The highest BCUT2D eigenvalue weighted by Gasteiger charge is 2.14. The minimum Gasteiger partial charge on any atom is -0.497 e. The van der Waals surface area contributed by atoms with E-state index in [2.05, 4.69) is 47.3 Å². The van der Waals surface area contributed by atoms with E-state index in [1.165, 1.54) is 10.7 Å². The number of hydrogen-bond donors (Lipinski definition) is 2. The zero-order chi connectivity index (χ0) is 24.4. The highest BCUT2D eigenvalue weighted by atomic mass is 16.5. The fraction of sp³-hybridized carbons (Fsp3) is 0.136. The van der Waals surface area contributed by atoms with Crippen LogP contribution in [0.25, 0.3) is 11.3 Å². The Morgan fingerprint density at radius 3 is 2.49 bits per heavy atom. The number of nitrogens with zero attached hydrogens (tertiary/aromatic N) is 9. The molecule has 35 heavy (non-hydrogen) atoms. The standard InChI is InChI=1S/C22H19N11O2/c1-13-28-30-31-32(13)15-6-14(7-18(8-15)35-3)26-21-9-19(22-25-11-16(10-23)33(22)29-21)27-20-5-4-17(34-2)12-24-20/h4-9,11-12H,1-3H3,(H,24,27)(H,26,29). The molecular weight excluding hydrogens is 450 g/mol. The third-order valence-electron chi connectivity index (χ3n) is 5.09. The predicted molar refractivity (Wildman–Crippen MR) is 125 cm³/mol. The van der Waals surface area contributed by atoms with Crippen molar-refractivity contribution < 1.29 is 9.47 Å². The summed E-state index contributed by atoms with van der Waals surface area (Å²) in [5, 5.41) is 32.2. The lowest BCUT2D eigenvalue weighted by Crippen LogP contribution is -2.06. The maximum absolute atomic E-state index is 9.52. The van der Waals surface area contributed by atoms with Crippen molar-refractivity contribution in [2.24, 2.45) is 0 Å². The zero-order valence-electron chi connectivity index (χ0n) is 19.0. The molecule has 0 radical (unpaired) electrons. The molecule has 0 atom stereocenters. The zero-order valence-corrected chi connectivity index (χ0v) is 19.0. The van der Waals surface area contributed by atoms with E-state index in [-0.39, 0.29) is 5.69 Å². The molecule has 13 nitrogen and oxygen atoms in total. The summed E-state index contributed by atoms with van der Waals surface area (Å²) >= 11 is 0. The number of hydrogen-bond acceptors (Lipinski definition) is 11. The summed E-state index contributed by atoms with van der Waals surface area (Å²) in [5.74, 6) is 2.89. The highest BCUT2D eigenvalue weighted by Crippen LogP contribution is 2.29. The van der Waals surface area contributed by atoms with Gasteiger partial charge in [0.15, 0.2) is 23.0 Å². The van der Waals surface area contributed by atoms with Crippen molar-refractivity contribution in [1.82, 2.24) is 39.8 Å². The molecule has 0 aliphatic rings. The van der Waals surface area contributed by atoms with Gasteiger partial charge in [-0.1, -0.05) is 0 Å². The predicted octanol–water partition coefficient (Wildman–Crippen LogP) is 2.78. The Balaban J connectivity index is 1.55. The van der Waals surface area contributed by atoms with Crippen LogP contribution in [0.2, 0.25) is 0 Å². The van der Waals surface area contributed by atoms with Crippen molar-refractivity contribution >= 4 is 28.7 Å². The van der Waals surface area contributed by atoms with Gasteiger partial charge in [-0.2, -0.15) is 14.5 Å². The number of benzene rings is 1. The number of aryl methyl sites for hydroxylation is 1. The fourth-order valence-corrected chi connectivity index (χ4v) is 3.42. The Hall–Kier alpha value is -5.25. The largest absolute Gasteiger partial charge is 0.497 e. The second kappa shape index (κ2) is 8.94. The van der Waals surface area contributed by atoms with Gasteiger partial charge < -0.3 is 20.1 Å². The van der Waals surface area contributed by atoms with Gasteiger partial charge in [0.1, 0.15) is 23.4 Å². The summed E-state index contributed by atoms with van der Waals surface area (Å²) in [6.07, 6.45) is 3.06. The lowest BCUT2D eigenvalue weighted by atomic mass is 10.2. The molecule has 0 aliphatic carbocycles. The van der Waals surface area contributed by atoms with E-state index in [0.717, 1.165) is 0 Å². The number of nitriles is 1. The normalized spacial score (nSPS) is 10.7. The van der Waals surface area contributed by atoms with E-state index in [4.69, 9.17) is 9.47 Å². The molecule has 0 fully saturated rings. The Labute approximate surface area is 199 Å². The van der Waals surface area contributed by atoms with Gasteiger partial charge in [-0.25, -0.2) is 9.97 Å². The molecule has 13 heteroatoms. The summed E-state index contributed by atoms with van der Waals surface area (Å²) in [4.78, 5) is 8.69. The molecule has 4 aromatic heterocycles. The van der Waals surface area contributed by atoms with Crippen LogP contribution in [0, 0.1) is 18.3 Å². The van der Waals surface area contributed by atoms with Crippen molar-refractivity contribution in [3.05, 3.63) is 60.3 Å². The van der Waals surface area contributed by atoms with Gasteiger partial charge in [-0.05, 0) is 35.5 Å². The van der Waals surface area contributed by atoms with Crippen LogP contribution in [0.4, 0.5) is 23.0 Å². The van der Waals surface area contributed by atoms with Gasteiger partial charge in [0.25, 0.3) is 0 Å². The molecule has 5 aromatic rings. The molecule has 0 saturated carbocycles. The average Bonchev–Trinajstić information content (AvgIpc) is 3.50. The Morgan fingerprint density at radius 1 is 0.943 bits per heavy atom. The maximum atomic E-state index is 9.52. The average molecular weight is 469 g/mol. The summed E-state index contributed by atoms with van der Waals surface area (Å²) in [5.41, 5.74) is 2.73. The number of anilines is 4. The molecule has 0 amide bonds. The topological polar surface area (TPSA) is 153 Å². The van der Waals surface area contributed by atoms with E-state index in [1.807, 2.05) is 18.2 Å². The second-order valence-electron chi connectivity index (χ2n) is 7.32. The molecule has 0 aliphatic heterocycles. The number of aromatic nitrogens is 8. The number of rotatable bonds is 7. The first-order valence-corrected chi connectivity index (χ1v) is 10.4. The number of imidazole rings is 1.